The first-order chi connectivity index (χ1) is 22.6. The van der Waals surface area contributed by atoms with Crippen LogP contribution in [0.2, 0.25) is 5.02 Å². The Bertz CT molecular complexity index is 2030. The van der Waals surface area contributed by atoms with E-state index >= 15 is 4.39 Å². The number of piperazine rings is 1. The minimum atomic E-state index is -0.936. The number of hydrogen-bond acceptors (Lipinski definition) is 10. The van der Waals surface area contributed by atoms with Gasteiger partial charge in [-0.15, -0.1) is 11.3 Å². The van der Waals surface area contributed by atoms with Crippen molar-refractivity contribution in [2.45, 2.75) is 62.8 Å². The lowest BCUT2D eigenvalue weighted by atomic mass is 9.93. The minimum absolute atomic E-state index is 0.00317. The van der Waals surface area contributed by atoms with Gasteiger partial charge in [-0.1, -0.05) is 25.1 Å². The van der Waals surface area contributed by atoms with Gasteiger partial charge in [0, 0.05) is 49.1 Å². The first-order valence-corrected chi connectivity index (χ1v) is 17.0. The lowest BCUT2D eigenvalue weighted by Gasteiger charge is -2.40. The molecule has 7 heterocycles. The molecule has 0 amide bonds. The van der Waals surface area contributed by atoms with Gasteiger partial charge in [0.05, 0.1) is 43.7 Å². The summed E-state index contributed by atoms with van der Waals surface area (Å²) in [5, 5.41) is 14.1. The fourth-order valence-electron chi connectivity index (χ4n) is 8.08. The Labute approximate surface area is 278 Å². The molecule has 47 heavy (non-hydrogen) atoms. The van der Waals surface area contributed by atoms with Crippen LogP contribution >= 0.6 is 22.9 Å². The number of nitrogens with two attached hydrogens (primary N) is 1. The molecule has 0 aliphatic carbocycles. The fourth-order valence-corrected chi connectivity index (χ4v) is 9.40. The molecule has 9 nitrogen and oxygen atoms in total. The molecule has 3 N–H and O–H groups in total. The van der Waals surface area contributed by atoms with E-state index in [0.29, 0.717) is 54.8 Å². The smallest absolute Gasteiger partial charge is 0.319 e. The SMILES string of the molecule is C=C1C[C@@H]2CN[C@H](CC)CN2c2nc(OC[C@@]34CCCN3C[C@H](F)C4)nc3c(F)c(-c4ncc(F)c5sc(N)c(C#N)c45)c(Cl)c1c23. The summed E-state index contributed by atoms with van der Waals surface area (Å²) in [6.45, 7) is 9.08. The number of rotatable bonds is 5. The monoisotopic (exact) mass is 680 g/mol. The van der Waals surface area contributed by atoms with Crippen LogP contribution in [-0.4, -0.2) is 76.4 Å². The lowest BCUT2D eigenvalue weighted by Crippen LogP contribution is -2.56. The summed E-state index contributed by atoms with van der Waals surface area (Å²) >= 11 is 8.04. The van der Waals surface area contributed by atoms with Gasteiger partial charge in [0.25, 0.3) is 0 Å². The number of anilines is 2. The Morgan fingerprint density at radius 1 is 1.28 bits per heavy atom. The Hall–Kier alpha value is -3.70. The Balaban J connectivity index is 1.37. The molecule has 1 aromatic carbocycles. The zero-order valence-corrected chi connectivity index (χ0v) is 27.2. The maximum Gasteiger partial charge on any atom is 0.319 e. The van der Waals surface area contributed by atoms with E-state index in [1.54, 1.807) is 0 Å². The van der Waals surface area contributed by atoms with E-state index in [2.05, 4.69) is 38.6 Å². The van der Waals surface area contributed by atoms with E-state index in [1.807, 2.05) is 6.07 Å². The second kappa shape index (κ2) is 11.2. The topological polar surface area (TPSA) is 116 Å². The van der Waals surface area contributed by atoms with Crippen LogP contribution in [-0.2, 0) is 0 Å². The number of thiophene rings is 1. The molecular formula is C33H32ClF3N8OS. The molecule has 0 bridgehead atoms. The van der Waals surface area contributed by atoms with E-state index < -0.39 is 23.3 Å². The molecule has 0 saturated carbocycles. The molecule has 4 atom stereocenters. The van der Waals surface area contributed by atoms with Crippen molar-refractivity contribution in [1.29, 1.82) is 5.26 Å². The predicted octanol–water partition coefficient (Wildman–Crippen LogP) is 6.22. The molecule has 0 unspecified atom stereocenters. The second-order valence-electron chi connectivity index (χ2n) is 13.0. The first-order valence-electron chi connectivity index (χ1n) is 15.8. The number of nitriles is 1. The van der Waals surface area contributed by atoms with Crippen molar-refractivity contribution in [1.82, 2.24) is 25.2 Å². The van der Waals surface area contributed by atoms with Crippen molar-refractivity contribution in [3.63, 3.8) is 0 Å². The van der Waals surface area contributed by atoms with Crippen molar-refractivity contribution in [2.24, 2.45) is 0 Å². The van der Waals surface area contributed by atoms with Crippen LogP contribution in [0, 0.1) is 23.0 Å². The van der Waals surface area contributed by atoms with Gasteiger partial charge in [-0.2, -0.15) is 15.2 Å². The third-order valence-corrected chi connectivity index (χ3v) is 11.8. The molecule has 244 valence electrons. The Morgan fingerprint density at radius 3 is 2.89 bits per heavy atom. The minimum Gasteiger partial charge on any atom is -0.461 e. The van der Waals surface area contributed by atoms with Gasteiger partial charge in [-0.05, 0) is 37.8 Å². The van der Waals surface area contributed by atoms with Crippen molar-refractivity contribution in [2.75, 3.05) is 43.4 Å². The van der Waals surface area contributed by atoms with Gasteiger partial charge < -0.3 is 20.7 Å². The standard InChI is InChI=1S/C33H32ClF3N8OS/c1-3-17-13-45-18(10-40-17)7-15(2)21-23-28(42-32(43-31(23)45)46-14-33-5-4-6-44(33)12-16(35)8-33)26(37)24(25(21)34)27-22-19(9-38)30(39)47-29(22)20(36)11-41-27/h11,16-18,40H,2-8,10,12-14,39H2,1H3/t16-,17-,18-,33+/m1/s1. The number of hydrogen-bond donors (Lipinski definition) is 2. The first kappa shape index (κ1) is 30.6. The number of benzene rings is 1. The van der Waals surface area contributed by atoms with Crippen LogP contribution in [0.5, 0.6) is 6.01 Å². The number of nitrogen functional groups attached to an aromatic ring is 1. The van der Waals surface area contributed by atoms with Gasteiger partial charge >= 0.3 is 6.01 Å². The number of aromatic nitrogens is 3. The average molecular weight is 681 g/mol. The summed E-state index contributed by atoms with van der Waals surface area (Å²) in [6, 6.07) is 2.11. The number of alkyl halides is 1. The van der Waals surface area contributed by atoms with Crippen molar-refractivity contribution < 1.29 is 17.9 Å². The molecule has 0 spiro atoms. The van der Waals surface area contributed by atoms with Crippen molar-refractivity contribution >= 4 is 60.3 Å². The maximum absolute atomic E-state index is 17.2. The number of ether oxygens (including phenoxy) is 1. The molecule has 3 aromatic heterocycles. The number of nitrogens with one attached hydrogen (secondary N) is 1. The quantitative estimate of drug-likeness (QED) is 0.253. The largest absolute Gasteiger partial charge is 0.461 e. The highest BCUT2D eigenvalue weighted by atomic mass is 35.5. The molecule has 4 aliphatic heterocycles. The van der Waals surface area contributed by atoms with E-state index in [9.17, 15) is 14.0 Å². The summed E-state index contributed by atoms with van der Waals surface area (Å²) in [4.78, 5) is 18.1. The van der Waals surface area contributed by atoms with Crippen LogP contribution < -0.4 is 20.7 Å². The van der Waals surface area contributed by atoms with E-state index in [0.717, 1.165) is 43.3 Å². The van der Waals surface area contributed by atoms with Crippen LogP contribution in [0.4, 0.5) is 24.0 Å². The molecule has 3 saturated heterocycles. The van der Waals surface area contributed by atoms with Crippen LogP contribution in [0.25, 0.3) is 37.8 Å². The van der Waals surface area contributed by atoms with Crippen LogP contribution in [0.15, 0.2) is 12.8 Å². The van der Waals surface area contributed by atoms with Gasteiger partial charge in [0.1, 0.15) is 35.2 Å². The molecular weight excluding hydrogens is 649 g/mol. The Morgan fingerprint density at radius 2 is 2.11 bits per heavy atom. The normalized spacial score (nSPS) is 25.7. The predicted molar refractivity (Wildman–Crippen MR) is 178 cm³/mol. The van der Waals surface area contributed by atoms with Gasteiger partial charge in [0.2, 0.25) is 0 Å². The van der Waals surface area contributed by atoms with Crippen LogP contribution in [0.3, 0.4) is 0 Å². The highest BCUT2D eigenvalue weighted by Gasteiger charge is 2.49. The lowest BCUT2D eigenvalue weighted by molar-refractivity contribution is 0.107. The Kier molecular flexibility index (Phi) is 7.29. The molecule has 8 rings (SSSR count). The van der Waals surface area contributed by atoms with Gasteiger partial charge in [0.15, 0.2) is 11.6 Å². The summed E-state index contributed by atoms with van der Waals surface area (Å²) in [7, 11) is 0. The molecule has 0 radical (unpaired) electrons. The molecule has 3 fully saturated rings. The number of halogens is 4. The van der Waals surface area contributed by atoms with Crippen LogP contribution in [0.1, 0.15) is 50.2 Å². The summed E-state index contributed by atoms with van der Waals surface area (Å²) < 4.78 is 53.1. The van der Waals surface area contributed by atoms with Crippen molar-refractivity contribution in [3.05, 3.63) is 40.6 Å². The highest BCUT2D eigenvalue weighted by molar-refractivity contribution is 7.23. The zero-order valence-electron chi connectivity index (χ0n) is 25.7. The zero-order chi connectivity index (χ0) is 32.8. The summed E-state index contributed by atoms with van der Waals surface area (Å²) in [5.41, 5.74) is 6.56. The van der Waals surface area contributed by atoms with Crippen molar-refractivity contribution in [3.8, 4) is 23.3 Å². The average Bonchev–Trinajstić information content (AvgIpc) is 3.67. The summed E-state index contributed by atoms with van der Waals surface area (Å²) in [5.74, 6) is -1.00. The molecule has 4 aliphatic rings. The number of nitrogens with zero attached hydrogens (tertiary/aromatic N) is 6. The third-order valence-electron chi connectivity index (χ3n) is 10.4. The van der Waals surface area contributed by atoms with Gasteiger partial charge in [-0.25, -0.2) is 13.2 Å². The van der Waals surface area contributed by atoms with E-state index in [4.69, 9.17) is 27.1 Å². The second-order valence-corrected chi connectivity index (χ2v) is 14.5. The van der Waals surface area contributed by atoms with E-state index in [-0.39, 0.29) is 67.1 Å². The number of pyridine rings is 1. The molecule has 4 aromatic rings. The third kappa shape index (κ3) is 4.59. The van der Waals surface area contributed by atoms with E-state index in [1.165, 1.54) is 0 Å². The molecule has 14 heteroatoms. The van der Waals surface area contributed by atoms with Gasteiger partial charge in [-0.3, -0.25) is 9.88 Å². The summed E-state index contributed by atoms with van der Waals surface area (Å²) in [6.07, 6.45) is 3.52. The fraction of sp³-hybridized carbons (Fsp3) is 0.455. The maximum atomic E-state index is 17.2. The highest BCUT2D eigenvalue weighted by Crippen LogP contribution is 2.50. The number of fused-ring (bicyclic) bond motifs is 4.